The van der Waals surface area contributed by atoms with Crippen molar-refractivity contribution in [2.75, 3.05) is 0 Å². The highest BCUT2D eigenvalue weighted by molar-refractivity contribution is 6.15. The van der Waals surface area contributed by atoms with Gasteiger partial charge in [0.05, 0.1) is 11.5 Å². The van der Waals surface area contributed by atoms with Gasteiger partial charge in [0.25, 0.3) is 5.79 Å². The number of carbonyl (C=O) groups excluding carboxylic acids is 3. The Bertz CT molecular complexity index is 935. The molecule has 4 rings (SSSR count). The molecule has 8 nitrogen and oxygen atoms in total. The smallest absolute Gasteiger partial charge is 0.348 e. The largest absolute Gasteiger partial charge is 0.574 e. The van der Waals surface area contributed by atoms with Crippen LogP contribution >= 0.6 is 0 Å². The van der Waals surface area contributed by atoms with Gasteiger partial charge < -0.3 is 24.1 Å². The van der Waals surface area contributed by atoms with Gasteiger partial charge in [0.2, 0.25) is 0 Å². The van der Waals surface area contributed by atoms with Gasteiger partial charge in [0.1, 0.15) is 5.57 Å². The maximum absolute atomic E-state index is 12.4. The summed E-state index contributed by atoms with van der Waals surface area (Å²) in [6.07, 6.45) is 13.3. The van der Waals surface area contributed by atoms with Crippen molar-refractivity contribution in [3.8, 4) is 0 Å². The van der Waals surface area contributed by atoms with Crippen molar-refractivity contribution in [1.82, 2.24) is 0 Å². The Kier molecular flexibility index (Phi) is 6.36. The molecule has 3 fully saturated rings. The summed E-state index contributed by atoms with van der Waals surface area (Å²) in [7, 11) is 0. The van der Waals surface area contributed by atoms with Crippen LogP contribution in [0.1, 0.15) is 65.2 Å². The lowest BCUT2D eigenvalue weighted by molar-refractivity contribution is -0.407. The molecule has 0 amide bonds. The highest BCUT2D eigenvalue weighted by Crippen LogP contribution is 2.42. The fourth-order valence-corrected chi connectivity index (χ4v) is 4.88. The molecular formula is C25H29O8-. The number of carbonyl (C=O) groups is 3. The molecule has 4 aliphatic rings. The van der Waals surface area contributed by atoms with Gasteiger partial charge in [-0.2, -0.15) is 0 Å². The molecule has 2 aliphatic heterocycles. The van der Waals surface area contributed by atoms with Crippen LogP contribution in [0.3, 0.4) is 0 Å². The third-order valence-corrected chi connectivity index (χ3v) is 7.02. The molecule has 2 heterocycles. The van der Waals surface area contributed by atoms with Crippen LogP contribution in [0.2, 0.25) is 0 Å². The van der Waals surface area contributed by atoms with E-state index >= 15 is 0 Å². The maximum Gasteiger partial charge on any atom is 0.348 e. The predicted molar refractivity (Wildman–Crippen MR) is 113 cm³/mol. The minimum Gasteiger partial charge on any atom is -0.574 e. The van der Waals surface area contributed by atoms with Crippen molar-refractivity contribution in [3.63, 3.8) is 0 Å². The SMILES string of the molecule is CC1CCCCC12OC(=O)C(=C/C=C/C=C/C1=C([O-])OC3(CCCCC3C)OC1=O)C(=O)O2. The molecule has 3 atom stereocenters. The Morgan fingerprint density at radius 1 is 0.758 bits per heavy atom. The van der Waals surface area contributed by atoms with Crippen LogP contribution < -0.4 is 5.11 Å². The Morgan fingerprint density at radius 3 is 1.85 bits per heavy atom. The summed E-state index contributed by atoms with van der Waals surface area (Å²) in [6.45, 7) is 3.82. The van der Waals surface area contributed by atoms with Crippen molar-refractivity contribution in [1.29, 1.82) is 0 Å². The van der Waals surface area contributed by atoms with E-state index < -0.39 is 35.4 Å². The van der Waals surface area contributed by atoms with Crippen molar-refractivity contribution in [3.05, 3.63) is 47.5 Å². The van der Waals surface area contributed by atoms with E-state index in [1.54, 1.807) is 0 Å². The Hall–Kier alpha value is -3.03. The average molecular weight is 457 g/mol. The van der Waals surface area contributed by atoms with E-state index in [-0.39, 0.29) is 23.0 Å². The molecule has 0 aromatic carbocycles. The summed E-state index contributed by atoms with van der Waals surface area (Å²) in [5.41, 5.74) is -0.416. The molecule has 3 unspecified atom stereocenters. The minimum atomic E-state index is -1.17. The summed E-state index contributed by atoms with van der Waals surface area (Å²) in [4.78, 5) is 37.3. The van der Waals surface area contributed by atoms with Crippen molar-refractivity contribution < 1.29 is 38.4 Å². The number of ether oxygens (including phenoxy) is 4. The van der Waals surface area contributed by atoms with Crippen molar-refractivity contribution >= 4 is 17.9 Å². The number of hydrogen-bond donors (Lipinski definition) is 0. The number of rotatable bonds is 3. The lowest BCUT2D eigenvalue weighted by Crippen LogP contribution is -2.52. The van der Waals surface area contributed by atoms with Gasteiger partial charge in [-0.3, -0.25) is 0 Å². The standard InChI is InChI=1S/C25H30O8/c1-16-10-6-8-14-24(16)30-20(26)18(21(27)31-24)12-4-3-5-13-19-22(28)32-25(33-23(19)29)15-9-7-11-17(25)2/h3-5,12-13,16-17,26H,6-11,14-15H2,1-2H3/p-1/b5-3+,12-4+,19-13?. The van der Waals surface area contributed by atoms with Gasteiger partial charge in [-0.05, 0) is 44.3 Å². The first kappa shape index (κ1) is 23.1. The van der Waals surface area contributed by atoms with Crippen LogP contribution in [-0.4, -0.2) is 29.5 Å². The molecule has 0 bridgehead atoms. The zero-order valence-corrected chi connectivity index (χ0v) is 19.0. The lowest BCUT2D eigenvalue weighted by Gasteiger charge is -2.50. The molecule has 0 aromatic rings. The average Bonchev–Trinajstić information content (AvgIpc) is 2.76. The van der Waals surface area contributed by atoms with Crippen LogP contribution in [-0.2, 0) is 33.3 Å². The van der Waals surface area contributed by atoms with Crippen molar-refractivity contribution in [2.45, 2.75) is 76.8 Å². The van der Waals surface area contributed by atoms with Crippen LogP contribution in [0, 0.1) is 11.8 Å². The summed E-state index contributed by atoms with van der Waals surface area (Å²) in [5, 5.41) is 12.4. The molecule has 1 saturated heterocycles. The van der Waals surface area contributed by atoms with Gasteiger partial charge in [-0.1, -0.05) is 44.9 Å². The molecule has 2 saturated carbocycles. The summed E-state index contributed by atoms with van der Waals surface area (Å²) < 4.78 is 22.1. The molecule has 8 heteroatoms. The van der Waals surface area contributed by atoms with Gasteiger partial charge in [0.15, 0.2) is 5.79 Å². The quantitative estimate of drug-likeness (QED) is 0.275. The van der Waals surface area contributed by atoms with Crippen LogP contribution in [0.4, 0.5) is 0 Å². The molecule has 2 aliphatic carbocycles. The zero-order chi connectivity index (χ0) is 23.6. The Labute approximate surface area is 192 Å². The number of hydrogen-bond acceptors (Lipinski definition) is 8. The first-order valence-corrected chi connectivity index (χ1v) is 11.6. The first-order valence-electron chi connectivity index (χ1n) is 11.6. The fourth-order valence-electron chi connectivity index (χ4n) is 4.88. The molecular weight excluding hydrogens is 428 g/mol. The van der Waals surface area contributed by atoms with Crippen LogP contribution in [0.15, 0.2) is 47.5 Å². The molecule has 0 N–H and O–H groups in total. The second-order valence-corrected chi connectivity index (χ2v) is 9.21. The van der Waals surface area contributed by atoms with Crippen LogP contribution in [0.5, 0.6) is 0 Å². The summed E-state index contributed by atoms with van der Waals surface area (Å²) in [5.74, 6) is -5.30. The van der Waals surface area contributed by atoms with Gasteiger partial charge in [0, 0.05) is 18.3 Å². The highest BCUT2D eigenvalue weighted by atomic mass is 16.8. The van der Waals surface area contributed by atoms with E-state index in [2.05, 4.69) is 0 Å². The van der Waals surface area contributed by atoms with E-state index in [1.165, 1.54) is 30.4 Å². The topological polar surface area (TPSA) is 111 Å². The predicted octanol–water partition coefficient (Wildman–Crippen LogP) is 3.08. The normalized spacial score (nSPS) is 35.1. The monoisotopic (exact) mass is 457 g/mol. The minimum absolute atomic E-state index is 0.0538. The Balaban J connectivity index is 1.41. The molecule has 178 valence electrons. The number of allylic oxidation sites excluding steroid dienone is 4. The second kappa shape index (κ2) is 9.08. The maximum atomic E-state index is 12.4. The van der Waals surface area contributed by atoms with E-state index in [0.29, 0.717) is 12.8 Å². The van der Waals surface area contributed by atoms with Crippen molar-refractivity contribution in [2.24, 2.45) is 11.8 Å². The van der Waals surface area contributed by atoms with Gasteiger partial charge in [-0.25, -0.2) is 14.4 Å². The van der Waals surface area contributed by atoms with Gasteiger partial charge >= 0.3 is 17.9 Å². The van der Waals surface area contributed by atoms with Crippen LogP contribution in [0.25, 0.3) is 0 Å². The van der Waals surface area contributed by atoms with E-state index in [4.69, 9.17) is 18.9 Å². The zero-order valence-electron chi connectivity index (χ0n) is 19.0. The molecule has 2 spiro atoms. The molecule has 0 radical (unpaired) electrons. The summed E-state index contributed by atoms with van der Waals surface area (Å²) >= 11 is 0. The third-order valence-electron chi connectivity index (χ3n) is 7.02. The molecule has 0 aromatic heterocycles. The summed E-state index contributed by atoms with van der Waals surface area (Å²) in [6, 6.07) is 0. The van der Waals surface area contributed by atoms with E-state index in [1.807, 2.05) is 13.8 Å². The third kappa shape index (κ3) is 4.43. The first-order chi connectivity index (χ1) is 15.8. The molecule has 33 heavy (non-hydrogen) atoms. The van der Waals surface area contributed by atoms with E-state index in [9.17, 15) is 19.5 Å². The lowest BCUT2D eigenvalue weighted by atomic mass is 9.84. The number of esters is 3. The van der Waals surface area contributed by atoms with Gasteiger partial charge in [-0.15, -0.1) is 0 Å². The second-order valence-electron chi connectivity index (χ2n) is 9.21. The highest BCUT2D eigenvalue weighted by Gasteiger charge is 2.50. The Morgan fingerprint density at radius 2 is 1.30 bits per heavy atom. The van der Waals surface area contributed by atoms with E-state index in [0.717, 1.165) is 38.5 Å². The fraction of sp³-hybridized carbons (Fsp3) is 0.560.